The van der Waals surface area contributed by atoms with Crippen molar-refractivity contribution in [1.29, 1.82) is 0 Å². The molecule has 15 heavy (non-hydrogen) atoms. The topological polar surface area (TPSA) is 55.0 Å². The second-order valence-electron chi connectivity index (χ2n) is 4.44. The summed E-state index contributed by atoms with van der Waals surface area (Å²) in [5, 5.41) is 7.06. The molecule has 2 aliphatic carbocycles. The molecule has 80 valence electrons. The summed E-state index contributed by atoms with van der Waals surface area (Å²) in [7, 11) is 0. The summed E-state index contributed by atoms with van der Waals surface area (Å²) in [6.45, 7) is 4.47. The summed E-state index contributed by atoms with van der Waals surface area (Å²) < 4.78 is 4.97. The predicted octanol–water partition coefficient (Wildman–Crippen LogP) is 1.49. The quantitative estimate of drug-likeness (QED) is 0.746. The number of carbonyl (C=O) groups is 1. The van der Waals surface area contributed by atoms with E-state index in [1.54, 1.807) is 0 Å². The number of hydrogen-bond acceptors (Lipinski definition) is 3. The monoisotopic (exact) mass is 206 g/mol. The van der Waals surface area contributed by atoms with Crippen molar-refractivity contribution in [2.75, 3.05) is 6.61 Å². The van der Waals surface area contributed by atoms with Gasteiger partial charge in [-0.3, -0.25) is 5.10 Å². The molecule has 0 radical (unpaired) electrons. The van der Waals surface area contributed by atoms with E-state index in [9.17, 15) is 4.79 Å². The van der Waals surface area contributed by atoms with Gasteiger partial charge in [0.2, 0.25) is 0 Å². The Bertz CT molecular complexity index is 424. The van der Waals surface area contributed by atoms with Crippen molar-refractivity contribution < 1.29 is 9.53 Å². The molecule has 4 heteroatoms. The number of nitrogens with one attached hydrogen (secondary N) is 1. The van der Waals surface area contributed by atoms with Crippen LogP contribution in [0.5, 0.6) is 0 Å². The molecule has 1 N–H and O–H groups in total. The van der Waals surface area contributed by atoms with Gasteiger partial charge in [-0.2, -0.15) is 5.10 Å². The van der Waals surface area contributed by atoms with Crippen molar-refractivity contribution in [2.24, 2.45) is 11.8 Å². The Balaban J connectivity index is 1.91. The lowest BCUT2D eigenvalue weighted by Gasteiger charge is -2.01. The maximum absolute atomic E-state index is 11.6. The fourth-order valence-corrected chi connectivity index (χ4v) is 2.80. The molecule has 1 fully saturated rings. The average Bonchev–Trinajstić information content (AvgIpc) is 2.63. The van der Waals surface area contributed by atoms with Crippen LogP contribution in [0.25, 0.3) is 0 Å². The second kappa shape index (κ2) is 2.84. The van der Waals surface area contributed by atoms with Crippen LogP contribution in [0.1, 0.15) is 41.5 Å². The molecule has 0 amide bonds. The molecular formula is C11H14N2O2. The summed E-state index contributed by atoms with van der Waals surface area (Å²) in [5.74, 6) is 1.83. The van der Waals surface area contributed by atoms with E-state index < -0.39 is 0 Å². The standard InChI is InChI=1S/C11H14N2O2/c1-3-15-11(14)10-7-4-6-5(2)8(6)9(7)12-13-10/h5-6,8H,3-4H2,1-2H3,(H,12,13)/t5-,6-,8+/m0/s1. The van der Waals surface area contributed by atoms with Gasteiger partial charge in [0.1, 0.15) is 0 Å². The number of ether oxygens (including phenoxy) is 1. The highest BCUT2D eigenvalue weighted by molar-refractivity contribution is 5.89. The van der Waals surface area contributed by atoms with Crippen LogP contribution in [0, 0.1) is 11.8 Å². The third-order valence-corrected chi connectivity index (χ3v) is 3.70. The highest BCUT2D eigenvalue weighted by Gasteiger charge is 2.55. The molecule has 1 aromatic heterocycles. The van der Waals surface area contributed by atoms with Gasteiger partial charge in [0.15, 0.2) is 5.69 Å². The minimum atomic E-state index is -0.288. The van der Waals surface area contributed by atoms with E-state index in [0.29, 0.717) is 18.2 Å². The number of rotatable bonds is 2. The number of aromatic nitrogens is 2. The number of fused-ring (bicyclic) bond motifs is 3. The average molecular weight is 206 g/mol. The van der Waals surface area contributed by atoms with E-state index in [4.69, 9.17) is 4.74 Å². The minimum Gasteiger partial charge on any atom is -0.461 e. The van der Waals surface area contributed by atoms with Gasteiger partial charge in [-0.1, -0.05) is 6.92 Å². The van der Waals surface area contributed by atoms with Gasteiger partial charge in [0.25, 0.3) is 0 Å². The van der Waals surface area contributed by atoms with Crippen LogP contribution in [0.15, 0.2) is 0 Å². The summed E-state index contributed by atoms with van der Waals surface area (Å²) in [4.78, 5) is 11.6. The minimum absolute atomic E-state index is 0.288. The molecule has 3 rings (SSSR count). The van der Waals surface area contributed by atoms with E-state index in [1.165, 1.54) is 5.69 Å². The normalized spacial score (nSPS) is 30.9. The highest BCUT2D eigenvalue weighted by Crippen LogP contribution is 2.60. The second-order valence-corrected chi connectivity index (χ2v) is 4.44. The number of nitrogens with zero attached hydrogens (tertiary/aromatic N) is 1. The molecule has 1 saturated carbocycles. The van der Waals surface area contributed by atoms with Crippen molar-refractivity contribution in [3.05, 3.63) is 17.0 Å². The lowest BCUT2D eigenvalue weighted by molar-refractivity contribution is 0.0518. The molecule has 2 aliphatic rings. The zero-order valence-corrected chi connectivity index (χ0v) is 8.91. The van der Waals surface area contributed by atoms with Gasteiger partial charge < -0.3 is 4.74 Å². The fraction of sp³-hybridized carbons (Fsp3) is 0.636. The van der Waals surface area contributed by atoms with E-state index in [1.807, 2.05) is 6.92 Å². The van der Waals surface area contributed by atoms with Crippen LogP contribution >= 0.6 is 0 Å². The third kappa shape index (κ3) is 1.07. The van der Waals surface area contributed by atoms with E-state index >= 15 is 0 Å². The molecule has 3 atom stereocenters. The highest BCUT2D eigenvalue weighted by atomic mass is 16.5. The first-order chi connectivity index (χ1) is 7.24. The van der Waals surface area contributed by atoms with Crippen LogP contribution in [0.2, 0.25) is 0 Å². The first-order valence-corrected chi connectivity index (χ1v) is 5.48. The molecule has 0 bridgehead atoms. The van der Waals surface area contributed by atoms with Gasteiger partial charge in [-0.25, -0.2) is 4.79 Å². The molecule has 0 unspecified atom stereocenters. The lowest BCUT2D eigenvalue weighted by Crippen LogP contribution is -2.08. The Kier molecular flexibility index (Phi) is 1.69. The maximum atomic E-state index is 11.6. The Morgan fingerprint density at radius 1 is 1.67 bits per heavy atom. The molecule has 1 heterocycles. The summed E-state index contributed by atoms with van der Waals surface area (Å²) >= 11 is 0. The smallest absolute Gasteiger partial charge is 0.359 e. The van der Waals surface area contributed by atoms with Gasteiger partial charge in [-0.15, -0.1) is 0 Å². The predicted molar refractivity (Wildman–Crippen MR) is 53.6 cm³/mol. The number of aromatic amines is 1. The number of carbonyl (C=O) groups excluding carboxylic acids is 1. The number of hydrogen-bond donors (Lipinski definition) is 1. The van der Waals surface area contributed by atoms with Crippen molar-refractivity contribution in [3.8, 4) is 0 Å². The van der Waals surface area contributed by atoms with Gasteiger partial charge in [0, 0.05) is 17.2 Å². The van der Waals surface area contributed by atoms with Crippen molar-refractivity contribution in [3.63, 3.8) is 0 Å². The Labute approximate surface area is 88.0 Å². The molecule has 4 nitrogen and oxygen atoms in total. The maximum Gasteiger partial charge on any atom is 0.359 e. The lowest BCUT2D eigenvalue weighted by atomic mass is 10.1. The number of H-pyrrole nitrogens is 1. The van der Waals surface area contributed by atoms with Crippen LogP contribution < -0.4 is 0 Å². The Hall–Kier alpha value is -1.32. The first kappa shape index (κ1) is 8.95. The first-order valence-electron chi connectivity index (χ1n) is 5.48. The number of esters is 1. The van der Waals surface area contributed by atoms with Gasteiger partial charge in [-0.05, 0) is 25.2 Å². The zero-order chi connectivity index (χ0) is 10.6. The SMILES string of the molecule is CCOC(=O)c1n[nH]c2c1C[C@H]1[C@H](C)[C@@H]21. The zero-order valence-electron chi connectivity index (χ0n) is 8.91. The Morgan fingerprint density at radius 2 is 2.47 bits per heavy atom. The largest absolute Gasteiger partial charge is 0.461 e. The molecule has 0 saturated heterocycles. The molecule has 0 aromatic carbocycles. The van der Waals surface area contributed by atoms with Crippen LogP contribution in [0.4, 0.5) is 0 Å². The van der Waals surface area contributed by atoms with Crippen molar-refractivity contribution in [2.45, 2.75) is 26.2 Å². The molecular weight excluding hydrogens is 192 g/mol. The Morgan fingerprint density at radius 3 is 3.20 bits per heavy atom. The van der Waals surface area contributed by atoms with Gasteiger partial charge >= 0.3 is 5.97 Å². The van der Waals surface area contributed by atoms with E-state index in [2.05, 4.69) is 17.1 Å². The van der Waals surface area contributed by atoms with Crippen molar-refractivity contribution in [1.82, 2.24) is 10.2 Å². The van der Waals surface area contributed by atoms with E-state index in [-0.39, 0.29) is 5.97 Å². The molecule has 1 aromatic rings. The van der Waals surface area contributed by atoms with Crippen LogP contribution in [0.3, 0.4) is 0 Å². The summed E-state index contributed by atoms with van der Waals surface area (Å²) in [5.41, 5.74) is 2.78. The van der Waals surface area contributed by atoms with Crippen LogP contribution in [-0.2, 0) is 11.2 Å². The summed E-state index contributed by atoms with van der Waals surface area (Å²) in [6.07, 6.45) is 0.992. The summed E-state index contributed by atoms with van der Waals surface area (Å²) in [6, 6.07) is 0. The van der Waals surface area contributed by atoms with Crippen molar-refractivity contribution >= 4 is 5.97 Å². The van der Waals surface area contributed by atoms with Gasteiger partial charge in [0.05, 0.1) is 6.61 Å². The van der Waals surface area contributed by atoms with E-state index in [0.717, 1.165) is 23.8 Å². The van der Waals surface area contributed by atoms with Crippen LogP contribution in [-0.4, -0.2) is 22.8 Å². The molecule has 0 spiro atoms. The fourth-order valence-electron chi connectivity index (χ4n) is 2.80. The molecule has 0 aliphatic heterocycles. The third-order valence-electron chi connectivity index (χ3n) is 3.70.